The molecule has 4 rings (SSSR count). The first-order valence-electron chi connectivity index (χ1n) is 8.83. The zero-order chi connectivity index (χ0) is 16.4. The zero-order valence-electron chi connectivity index (χ0n) is 13.8. The van der Waals surface area contributed by atoms with Gasteiger partial charge < -0.3 is 9.84 Å². The highest BCUT2D eigenvalue weighted by atomic mass is 16.5. The van der Waals surface area contributed by atoms with Crippen molar-refractivity contribution in [3.63, 3.8) is 0 Å². The van der Waals surface area contributed by atoms with Crippen LogP contribution in [0.1, 0.15) is 59.0 Å². The van der Waals surface area contributed by atoms with Gasteiger partial charge in [0.2, 0.25) is 0 Å². The fourth-order valence-corrected chi connectivity index (χ4v) is 3.19. The van der Waals surface area contributed by atoms with Gasteiger partial charge in [0.1, 0.15) is 5.76 Å². The van der Waals surface area contributed by atoms with Crippen molar-refractivity contribution in [2.24, 2.45) is 0 Å². The number of hydrogen-bond acceptors (Lipinski definition) is 4. The van der Waals surface area contributed by atoms with Crippen molar-refractivity contribution in [2.45, 2.75) is 44.7 Å². The van der Waals surface area contributed by atoms with Crippen molar-refractivity contribution in [2.75, 3.05) is 13.1 Å². The maximum Gasteiger partial charge on any atom is 0.273 e. The van der Waals surface area contributed by atoms with Crippen LogP contribution in [0.4, 0.5) is 0 Å². The second kappa shape index (κ2) is 6.77. The van der Waals surface area contributed by atoms with E-state index >= 15 is 0 Å². The molecule has 5 heteroatoms. The second-order valence-electron chi connectivity index (χ2n) is 6.87. The van der Waals surface area contributed by atoms with Gasteiger partial charge in [0, 0.05) is 25.1 Å². The SMILES string of the molecule is O=C(NCc1ccc(CN2CCCC2)cc1)c1cc(C2CC2)on1. The van der Waals surface area contributed by atoms with Gasteiger partial charge in [-0.15, -0.1) is 0 Å². The lowest BCUT2D eigenvalue weighted by Crippen LogP contribution is -2.23. The van der Waals surface area contributed by atoms with Crippen LogP contribution in [0.2, 0.25) is 0 Å². The summed E-state index contributed by atoms with van der Waals surface area (Å²) in [6.45, 7) is 3.95. The normalized spacial score (nSPS) is 18.0. The Morgan fingerprint density at radius 1 is 1.17 bits per heavy atom. The molecule has 5 nitrogen and oxygen atoms in total. The second-order valence-corrected chi connectivity index (χ2v) is 6.87. The highest BCUT2D eigenvalue weighted by molar-refractivity contribution is 5.92. The topological polar surface area (TPSA) is 58.4 Å². The van der Waals surface area contributed by atoms with Crippen LogP contribution in [0.15, 0.2) is 34.9 Å². The van der Waals surface area contributed by atoms with Crippen LogP contribution in [0.3, 0.4) is 0 Å². The number of amides is 1. The van der Waals surface area contributed by atoms with E-state index in [-0.39, 0.29) is 5.91 Å². The van der Waals surface area contributed by atoms with Crippen LogP contribution in [0, 0.1) is 0 Å². The van der Waals surface area contributed by atoms with Gasteiger partial charge >= 0.3 is 0 Å². The molecule has 1 aromatic carbocycles. The highest BCUT2D eigenvalue weighted by Gasteiger charge is 2.28. The molecule has 0 bridgehead atoms. The van der Waals surface area contributed by atoms with Gasteiger partial charge in [-0.2, -0.15) is 0 Å². The molecule has 1 saturated carbocycles. The molecule has 1 aromatic heterocycles. The molecule has 2 aromatic rings. The molecule has 1 aliphatic heterocycles. The first-order chi connectivity index (χ1) is 11.8. The van der Waals surface area contributed by atoms with Gasteiger partial charge in [-0.1, -0.05) is 29.4 Å². The number of nitrogens with one attached hydrogen (secondary N) is 1. The minimum absolute atomic E-state index is 0.174. The summed E-state index contributed by atoms with van der Waals surface area (Å²) in [4.78, 5) is 14.6. The summed E-state index contributed by atoms with van der Waals surface area (Å²) in [7, 11) is 0. The van der Waals surface area contributed by atoms with E-state index in [4.69, 9.17) is 4.52 Å². The lowest BCUT2D eigenvalue weighted by molar-refractivity contribution is 0.0941. The Hall–Kier alpha value is -2.14. The minimum atomic E-state index is -0.174. The van der Waals surface area contributed by atoms with Gasteiger partial charge in [-0.05, 0) is 49.9 Å². The molecule has 24 heavy (non-hydrogen) atoms. The Bertz CT molecular complexity index is 698. The molecule has 0 radical (unpaired) electrons. The first-order valence-corrected chi connectivity index (χ1v) is 8.83. The maximum atomic E-state index is 12.1. The van der Waals surface area contributed by atoms with E-state index in [0.29, 0.717) is 18.2 Å². The molecule has 2 fully saturated rings. The van der Waals surface area contributed by atoms with Crippen molar-refractivity contribution in [1.29, 1.82) is 0 Å². The van der Waals surface area contributed by atoms with E-state index < -0.39 is 0 Å². The molecule has 1 N–H and O–H groups in total. The van der Waals surface area contributed by atoms with E-state index in [9.17, 15) is 4.79 Å². The van der Waals surface area contributed by atoms with Crippen LogP contribution >= 0.6 is 0 Å². The largest absolute Gasteiger partial charge is 0.360 e. The third-order valence-electron chi connectivity index (χ3n) is 4.82. The number of nitrogens with zero attached hydrogens (tertiary/aromatic N) is 2. The van der Waals surface area contributed by atoms with Crippen LogP contribution in [-0.4, -0.2) is 29.1 Å². The summed E-state index contributed by atoms with van der Waals surface area (Å²) in [5, 5.41) is 6.78. The van der Waals surface area contributed by atoms with Crippen molar-refractivity contribution in [1.82, 2.24) is 15.4 Å². The fraction of sp³-hybridized carbons (Fsp3) is 0.474. The molecule has 1 saturated heterocycles. The number of rotatable bonds is 6. The van der Waals surface area contributed by atoms with Gasteiger partial charge in [0.15, 0.2) is 5.69 Å². The minimum Gasteiger partial charge on any atom is -0.360 e. The fourth-order valence-electron chi connectivity index (χ4n) is 3.19. The van der Waals surface area contributed by atoms with Gasteiger partial charge in [0.25, 0.3) is 5.91 Å². The van der Waals surface area contributed by atoms with E-state index in [2.05, 4.69) is 39.6 Å². The molecule has 126 valence electrons. The quantitative estimate of drug-likeness (QED) is 0.887. The summed E-state index contributed by atoms with van der Waals surface area (Å²) in [5.41, 5.74) is 2.81. The smallest absolute Gasteiger partial charge is 0.273 e. The molecular formula is C19H23N3O2. The average molecular weight is 325 g/mol. The lowest BCUT2D eigenvalue weighted by Gasteiger charge is -2.14. The predicted molar refractivity (Wildman–Crippen MR) is 90.6 cm³/mol. The molecule has 1 aliphatic carbocycles. The van der Waals surface area contributed by atoms with Gasteiger partial charge in [0.05, 0.1) is 0 Å². The molecule has 0 atom stereocenters. The number of carbonyl (C=O) groups is 1. The summed E-state index contributed by atoms with van der Waals surface area (Å²) in [5.74, 6) is 1.14. The maximum absolute atomic E-state index is 12.1. The van der Waals surface area contributed by atoms with Crippen molar-refractivity contribution in [3.05, 3.63) is 52.9 Å². The third kappa shape index (κ3) is 3.67. The molecule has 2 heterocycles. The Kier molecular flexibility index (Phi) is 4.34. The Labute approximate surface area is 142 Å². The highest BCUT2D eigenvalue weighted by Crippen LogP contribution is 2.40. The van der Waals surface area contributed by atoms with Crippen molar-refractivity contribution < 1.29 is 9.32 Å². The van der Waals surface area contributed by atoms with Crippen molar-refractivity contribution >= 4 is 5.91 Å². The predicted octanol–water partition coefficient (Wildman–Crippen LogP) is 3.08. The Balaban J connectivity index is 1.29. The average Bonchev–Trinajstić information content (AvgIpc) is 3.11. The number of benzene rings is 1. The van der Waals surface area contributed by atoms with E-state index in [1.807, 2.05) is 0 Å². The summed E-state index contributed by atoms with van der Waals surface area (Å²) in [6.07, 6.45) is 4.91. The molecule has 0 unspecified atom stereocenters. The Morgan fingerprint density at radius 2 is 1.88 bits per heavy atom. The summed E-state index contributed by atoms with van der Waals surface area (Å²) in [6, 6.07) is 10.3. The number of hydrogen-bond donors (Lipinski definition) is 1. The van der Waals surface area contributed by atoms with E-state index in [1.54, 1.807) is 6.07 Å². The standard InChI is InChI=1S/C19H23N3O2/c23-19(17-11-18(24-21-17)16-7-8-16)20-12-14-3-5-15(6-4-14)13-22-9-1-2-10-22/h3-6,11,16H,1-2,7-10,12-13H2,(H,20,23). The van der Waals surface area contributed by atoms with Gasteiger partial charge in [-0.3, -0.25) is 9.69 Å². The number of aromatic nitrogens is 1. The summed E-state index contributed by atoms with van der Waals surface area (Å²) >= 11 is 0. The van der Waals surface area contributed by atoms with Crippen molar-refractivity contribution in [3.8, 4) is 0 Å². The number of likely N-dealkylation sites (tertiary alicyclic amines) is 1. The van der Waals surface area contributed by atoms with E-state index in [0.717, 1.165) is 30.7 Å². The molecule has 2 aliphatic rings. The lowest BCUT2D eigenvalue weighted by atomic mass is 10.1. The first kappa shape index (κ1) is 15.4. The van der Waals surface area contributed by atoms with Crippen LogP contribution in [0.5, 0.6) is 0 Å². The number of carbonyl (C=O) groups excluding carboxylic acids is 1. The van der Waals surface area contributed by atoms with E-state index in [1.165, 1.54) is 31.5 Å². The van der Waals surface area contributed by atoms with Crippen LogP contribution < -0.4 is 5.32 Å². The third-order valence-corrected chi connectivity index (χ3v) is 4.82. The van der Waals surface area contributed by atoms with Crippen LogP contribution in [0.25, 0.3) is 0 Å². The Morgan fingerprint density at radius 3 is 2.58 bits per heavy atom. The van der Waals surface area contributed by atoms with Gasteiger partial charge in [-0.25, -0.2) is 0 Å². The summed E-state index contributed by atoms with van der Waals surface area (Å²) < 4.78 is 5.23. The van der Waals surface area contributed by atoms with Crippen LogP contribution in [-0.2, 0) is 13.1 Å². The molecular weight excluding hydrogens is 302 g/mol. The zero-order valence-corrected chi connectivity index (χ0v) is 13.8. The monoisotopic (exact) mass is 325 g/mol. The molecule has 0 spiro atoms. The molecule has 1 amide bonds.